The highest BCUT2D eigenvalue weighted by molar-refractivity contribution is 6.31. The Labute approximate surface area is 98.4 Å². The number of alkyl halides is 3. The lowest BCUT2D eigenvalue weighted by Crippen LogP contribution is -2.06. The monoisotopic (exact) mass is 250 g/mol. The van der Waals surface area contributed by atoms with E-state index < -0.39 is 11.7 Å². The van der Waals surface area contributed by atoms with Gasteiger partial charge in [0.25, 0.3) is 0 Å². The van der Waals surface area contributed by atoms with Gasteiger partial charge in [0.15, 0.2) is 0 Å². The summed E-state index contributed by atoms with van der Waals surface area (Å²) >= 11 is 5.91. The van der Waals surface area contributed by atoms with E-state index in [4.69, 9.17) is 11.6 Å². The fourth-order valence-corrected chi connectivity index (χ4v) is 1.99. The maximum absolute atomic E-state index is 12.5. The summed E-state index contributed by atoms with van der Waals surface area (Å²) in [5.41, 5.74) is -0.0480. The second-order valence-corrected chi connectivity index (χ2v) is 4.33. The van der Waals surface area contributed by atoms with Crippen LogP contribution in [0.4, 0.5) is 13.2 Å². The summed E-state index contributed by atoms with van der Waals surface area (Å²) in [4.78, 5) is 0. The summed E-state index contributed by atoms with van der Waals surface area (Å²) in [7, 11) is 0. The lowest BCUT2D eigenvalue weighted by Gasteiger charge is -2.15. The number of hydrogen-bond acceptors (Lipinski definition) is 0. The molecule has 0 saturated heterocycles. The number of benzene rings is 1. The van der Waals surface area contributed by atoms with Gasteiger partial charge < -0.3 is 0 Å². The van der Waals surface area contributed by atoms with E-state index >= 15 is 0 Å². The summed E-state index contributed by atoms with van der Waals surface area (Å²) in [6.45, 7) is 3.89. The van der Waals surface area contributed by atoms with Crippen LogP contribution in [0.25, 0.3) is 0 Å². The van der Waals surface area contributed by atoms with Gasteiger partial charge in [-0.15, -0.1) is 0 Å². The molecule has 0 bridgehead atoms. The molecule has 0 spiro atoms. The second-order valence-electron chi connectivity index (χ2n) is 3.92. The van der Waals surface area contributed by atoms with E-state index in [-0.39, 0.29) is 5.92 Å². The molecule has 0 aromatic heterocycles. The molecule has 0 amide bonds. The smallest absolute Gasteiger partial charge is 0.166 e. The SMILES string of the molecule is CCCC(C)c1cc(C(F)(F)F)ccc1Cl. The van der Waals surface area contributed by atoms with Crippen LogP contribution >= 0.6 is 11.6 Å². The predicted octanol–water partition coefficient (Wildman–Crippen LogP) is 5.26. The summed E-state index contributed by atoms with van der Waals surface area (Å²) < 4.78 is 37.5. The topological polar surface area (TPSA) is 0 Å². The molecule has 0 N–H and O–H groups in total. The van der Waals surface area contributed by atoms with E-state index in [2.05, 4.69) is 0 Å². The van der Waals surface area contributed by atoms with Gasteiger partial charge >= 0.3 is 6.18 Å². The molecule has 0 aliphatic heterocycles. The third-order valence-corrected chi connectivity index (χ3v) is 2.92. The highest BCUT2D eigenvalue weighted by Crippen LogP contribution is 2.35. The van der Waals surface area contributed by atoms with Gasteiger partial charge in [-0.25, -0.2) is 0 Å². The Morgan fingerprint density at radius 1 is 1.31 bits per heavy atom. The molecular weight excluding hydrogens is 237 g/mol. The summed E-state index contributed by atoms with van der Waals surface area (Å²) in [6.07, 6.45) is -2.54. The zero-order valence-electron chi connectivity index (χ0n) is 9.24. The van der Waals surface area contributed by atoms with Crippen molar-refractivity contribution in [2.75, 3.05) is 0 Å². The van der Waals surface area contributed by atoms with Crippen molar-refractivity contribution in [1.29, 1.82) is 0 Å². The van der Waals surface area contributed by atoms with Gasteiger partial charge in [0.1, 0.15) is 0 Å². The van der Waals surface area contributed by atoms with Crippen LogP contribution in [0.1, 0.15) is 43.7 Å². The van der Waals surface area contributed by atoms with Crippen LogP contribution in [-0.2, 0) is 6.18 Å². The van der Waals surface area contributed by atoms with E-state index in [0.717, 1.165) is 25.0 Å². The van der Waals surface area contributed by atoms with E-state index in [1.165, 1.54) is 6.07 Å². The summed E-state index contributed by atoms with van der Waals surface area (Å²) in [5, 5.41) is 0.411. The van der Waals surface area contributed by atoms with Crippen LogP contribution in [0.15, 0.2) is 18.2 Å². The second kappa shape index (κ2) is 5.09. The Bertz CT molecular complexity index is 358. The van der Waals surface area contributed by atoms with E-state index in [9.17, 15) is 13.2 Å². The Hall–Kier alpha value is -0.700. The van der Waals surface area contributed by atoms with Gasteiger partial charge in [-0.3, -0.25) is 0 Å². The van der Waals surface area contributed by atoms with Crippen molar-refractivity contribution in [1.82, 2.24) is 0 Å². The van der Waals surface area contributed by atoms with Crippen LogP contribution in [0, 0.1) is 0 Å². The highest BCUT2D eigenvalue weighted by Gasteiger charge is 2.31. The molecule has 0 nitrogen and oxygen atoms in total. The molecule has 0 aliphatic rings. The lowest BCUT2D eigenvalue weighted by molar-refractivity contribution is -0.137. The first-order chi connectivity index (χ1) is 7.36. The number of rotatable bonds is 3. The van der Waals surface area contributed by atoms with Crippen molar-refractivity contribution >= 4 is 11.6 Å². The molecular formula is C12H14ClF3. The molecule has 0 fully saturated rings. The highest BCUT2D eigenvalue weighted by atomic mass is 35.5. The zero-order chi connectivity index (χ0) is 12.3. The summed E-state index contributed by atoms with van der Waals surface area (Å²) in [6, 6.07) is 3.50. The van der Waals surface area contributed by atoms with Gasteiger partial charge in [-0.05, 0) is 36.1 Å². The van der Waals surface area contributed by atoms with Gasteiger partial charge in [-0.2, -0.15) is 13.2 Å². The van der Waals surface area contributed by atoms with Gasteiger partial charge in [0.05, 0.1) is 5.56 Å². The van der Waals surface area contributed by atoms with Crippen LogP contribution < -0.4 is 0 Å². The normalized spacial score (nSPS) is 13.9. The average molecular weight is 251 g/mol. The molecule has 1 atom stereocenters. The Morgan fingerprint density at radius 2 is 1.94 bits per heavy atom. The minimum Gasteiger partial charge on any atom is -0.166 e. The largest absolute Gasteiger partial charge is 0.416 e. The Morgan fingerprint density at radius 3 is 2.44 bits per heavy atom. The maximum atomic E-state index is 12.5. The van der Waals surface area contributed by atoms with Gasteiger partial charge in [-0.1, -0.05) is 31.9 Å². The van der Waals surface area contributed by atoms with Gasteiger partial charge in [0.2, 0.25) is 0 Å². The molecule has 0 radical (unpaired) electrons. The van der Waals surface area contributed by atoms with E-state index in [1.54, 1.807) is 0 Å². The molecule has 0 saturated carbocycles. The zero-order valence-corrected chi connectivity index (χ0v) is 9.99. The molecule has 0 aliphatic carbocycles. The molecule has 1 aromatic carbocycles. The van der Waals surface area contributed by atoms with E-state index in [1.807, 2.05) is 13.8 Å². The third-order valence-electron chi connectivity index (χ3n) is 2.58. The standard InChI is InChI=1S/C12H14ClF3/c1-3-4-8(2)10-7-9(12(14,15)16)5-6-11(10)13/h5-8H,3-4H2,1-2H3. The minimum atomic E-state index is -4.30. The molecule has 1 rings (SSSR count). The molecule has 16 heavy (non-hydrogen) atoms. The van der Waals surface area contributed by atoms with Crippen molar-refractivity contribution in [3.8, 4) is 0 Å². The fraction of sp³-hybridized carbons (Fsp3) is 0.500. The molecule has 90 valence electrons. The minimum absolute atomic E-state index is 0.0554. The van der Waals surface area contributed by atoms with Crippen molar-refractivity contribution < 1.29 is 13.2 Å². The number of halogens is 4. The molecule has 4 heteroatoms. The molecule has 1 aromatic rings. The first-order valence-electron chi connectivity index (χ1n) is 5.23. The Balaban J connectivity index is 3.09. The van der Waals surface area contributed by atoms with Crippen molar-refractivity contribution in [2.24, 2.45) is 0 Å². The third kappa shape index (κ3) is 3.14. The van der Waals surface area contributed by atoms with Crippen molar-refractivity contribution in [2.45, 2.75) is 38.8 Å². The quantitative estimate of drug-likeness (QED) is 0.686. The van der Waals surface area contributed by atoms with Crippen LogP contribution in [0.5, 0.6) is 0 Å². The van der Waals surface area contributed by atoms with Crippen LogP contribution in [0.2, 0.25) is 5.02 Å². The lowest BCUT2D eigenvalue weighted by atomic mass is 9.95. The first-order valence-corrected chi connectivity index (χ1v) is 5.60. The number of hydrogen-bond donors (Lipinski definition) is 0. The Kier molecular flexibility index (Phi) is 4.25. The first kappa shape index (κ1) is 13.4. The maximum Gasteiger partial charge on any atom is 0.416 e. The molecule has 0 heterocycles. The predicted molar refractivity (Wildman–Crippen MR) is 59.8 cm³/mol. The van der Waals surface area contributed by atoms with Crippen LogP contribution in [-0.4, -0.2) is 0 Å². The van der Waals surface area contributed by atoms with E-state index in [0.29, 0.717) is 10.6 Å². The molecule has 1 unspecified atom stereocenters. The summed E-state index contributed by atoms with van der Waals surface area (Å²) in [5.74, 6) is 0.0554. The van der Waals surface area contributed by atoms with Gasteiger partial charge in [0, 0.05) is 5.02 Å². The average Bonchev–Trinajstić information content (AvgIpc) is 2.16. The van der Waals surface area contributed by atoms with Crippen molar-refractivity contribution in [3.63, 3.8) is 0 Å². The van der Waals surface area contributed by atoms with Crippen LogP contribution in [0.3, 0.4) is 0 Å². The van der Waals surface area contributed by atoms with Crippen molar-refractivity contribution in [3.05, 3.63) is 34.3 Å². The fourth-order valence-electron chi connectivity index (χ4n) is 1.69.